The lowest BCUT2D eigenvalue weighted by Gasteiger charge is -2.15. The van der Waals surface area contributed by atoms with E-state index in [9.17, 15) is 4.79 Å². The molecule has 4 nitrogen and oxygen atoms in total. The van der Waals surface area contributed by atoms with Crippen molar-refractivity contribution in [3.05, 3.63) is 59.2 Å². The molecule has 1 aliphatic rings. The van der Waals surface area contributed by atoms with E-state index in [1.54, 1.807) is 18.2 Å². The second kappa shape index (κ2) is 5.48. The van der Waals surface area contributed by atoms with Gasteiger partial charge in [0.1, 0.15) is 11.3 Å². The van der Waals surface area contributed by atoms with Crippen LogP contribution in [0.25, 0.3) is 0 Å². The van der Waals surface area contributed by atoms with Crippen LogP contribution in [0.2, 0.25) is 0 Å². The standard InChI is InChI=1S/C17H18N2O2/c1-21-15-8-4-7-14(18)16(15)17(20)19-13-9-11-5-2-3-6-12(11)10-13/h2-8,13H,9-10,18H2,1H3,(H,19,20). The molecule has 0 aliphatic heterocycles. The normalized spacial score (nSPS) is 13.8. The van der Waals surface area contributed by atoms with E-state index in [1.807, 2.05) is 12.1 Å². The van der Waals surface area contributed by atoms with E-state index in [0.29, 0.717) is 17.0 Å². The summed E-state index contributed by atoms with van der Waals surface area (Å²) in [6, 6.07) is 13.6. The highest BCUT2D eigenvalue weighted by atomic mass is 16.5. The number of amides is 1. The Labute approximate surface area is 123 Å². The molecule has 21 heavy (non-hydrogen) atoms. The maximum Gasteiger partial charge on any atom is 0.257 e. The molecule has 2 aromatic rings. The van der Waals surface area contributed by atoms with E-state index >= 15 is 0 Å². The van der Waals surface area contributed by atoms with E-state index in [1.165, 1.54) is 18.2 Å². The van der Waals surface area contributed by atoms with Gasteiger partial charge < -0.3 is 15.8 Å². The number of hydrogen-bond donors (Lipinski definition) is 2. The van der Waals surface area contributed by atoms with Crippen LogP contribution in [0.15, 0.2) is 42.5 Å². The molecule has 2 aromatic carbocycles. The highest BCUT2D eigenvalue weighted by Crippen LogP contribution is 2.26. The zero-order valence-electron chi connectivity index (χ0n) is 11.9. The molecule has 0 saturated carbocycles. The van der Waals surface area contributed by atoms with E-state index in [4.69, 9.17) is 10.5 Å². The third kappa shape index (κ3) is 2.57. The van der Waals surface area contributed by atoms with Gasteiger partial charge in [0, 0.05) is 11.7 Å². The van der Waals surface area contributed by atoms with Crippen LogP contribution in [0.5, 0.6) is 5.75 Å². The molecule has 0 unspecified atom stereocenters. The summed E-state index contributed by atoms with van der Waals surface area (Å²) in [7, 11) is 1.54. The minimum atomic E-state index is -0.178. The van der Waals surface area contributed by atoms with Crippen molar-refractivity contribution in [1.82, 2.24) is 5.32 Å². The number of ether oxygens (including phenoxy) is 1. The lowest BCUT2D eigenvalue weighted by atomic mass is 10.1. The van der Waals surface area contributed by atoms with Gasteiger partial charge >= 0.3 is 0 Å². The number of hydrogen-bond acceptors (Lipinski definition) is 3. The Kier molecular flexibility index (Phi) is 3.52. The third-order valence-electron chi connectivity index (χ3n) is 3.89. The number of anilines is 1. The van der Waals surface area contributed by atoms with Gasteiger partial charge in [-0.1, -0.05) is 30.3 Å². The number of fused-ring (bicyclic) bond motifs is 1. The fourth-order valence-corrected chi connectivity index (χ4v) is 2.88. The first kappa shape index (κ1) is 13.5. The number of nitrogens with one attached hydrogen (secondary N) is 1. The number of rotatable bonds is 3. The maximum atomic E-state index is 12.5. The lowest BCUT2D eigenvalue weighted by molar-refractivity contribution is 0.0936. The van der Waals surface area contributed by atoms with Crippen molar-refractivity contribution in [2.75, 3.05) is 12.8 Å². The third-order valence-corrected chi connectivity index (χ3v) is 3.89. The molecule has 1 aliphatic carbocycles. The number of methoxy groups -OCH3 is 1. The molecule has 3 N–H and O–H groups in total. The highest BCUT2D eigenvalue weighted by Gasteiger charge is 2.24. The molecule has 108 valence electrons. The van der Waals surface area contributed by atoms with Gasteiger partial charge in [0.05, 0.1) is 7.11 Å². The average Bonchev–Trinajstić information content (AvgIpc) is 2.88. The van der Waals surface area contributed by atoms with Gasteiger partial charge in [-0.15, -0.1) is 0 Å². The zero-order chi connectivity index (χ0) is 14.8. The van der Waals surface area contributed by atoms with Crippen LogP contribution >= 0.6 is 0 Å². The summed E-state index contributed by atoms with van der Waals surface area (Å²) >= 11 is 0. The minimum absolute atomic E-state index is 0.110. The van der Waals surface area contributed by atoms with Gasteiger partial charge in [0.25, 0.3) is 5.91 Å². The molecule has 0 radical (unpaired) electrons. The van der Waals surface area contributed by atoms with Crippen molar-refractivity contribution in [3.63, 3.8) is 0 Å². The zero-order valence-corrected chi connectivity index (χ0v) is 11.9. The van der Waals surface area contributed by atoms with Gasteiger partial charge in [-0.25, -0.2) is 0 Å². The van der Waals surface area contributed by atoms with Crippen LogP contribution in [0, 0.1) is 0 Å². The van der Waals surface area contributed by atoms with Crippen LogP contribution in [-0.4, -0.2) is 19.1 Å². The molecule has 0 heterocycles. The SMILES string of the molecule is COc1cccc(N)c1C(=O)NC1Cc2ccccc2C1. The second-order valence-corrected chi connectivity index (χ2v) is 5.27. The predicted octanol–water partition coefficient (Wildman–Crippen LogP) is 2.17. The van der Waals surface area contributed by atoms with Crippen molar-refractivity contribution in [2.24, 2.45) is 0 Å². The predicted molar refractivity (Wildman–Crippen MR) is 82.5 cm³/mol. The lowest BCUT2D eigenvalue weighted by Crippen LogP contribution is -2.35. The first-order valence-corrected chi connectivity index (χ1v) is 6.99. The molecule has 0 saturated heterocycles. The van der Waals surface area contributed by atoms with Crippen molar-refractivity contribution >= 4 is 11.6 Å². The Morgan fingerprint density at radius 1 is 1.14 bits per heavy atom. The van der Waals surface area contributed by atoms with Gasteiger partial charge in [0.2, 0.25) is 0 Å². The van der Waals surface area contributed by atoms with Crippen molar-refractivity contribution in [2.45, 2.75) is 18.9 Å². The van der Waals surface area contributed by atoms with Crippen molar-refractivity contribution in [1.29, 1.82) is 0 Å². The summed E-state index contributed by atoms with van der Waals surface area (Å²) in [6.45, 7) is 0. The second-order valence-electron chi connectivity index (χ2n) is 5.27. The first-order chi connectivity index (χ1) is 10.2. The van der Waals surface area contributed by atoms with Crippen LogP contribution in [0.3, 0.4) is 0 Å². The quantitative estimate of drug-likeness (QED) is 0.848. The summed E-state index contributed by atoms with van der Waals surface area (Å²) in [5, 5.41) is 3.06. The molecule has 4 heteroatoms. The minimum Gasteiger partial charge on any atom is -0.496 e. The molecule has 0 fully saturated rings. The fourth-order valence-electron chi connectivity index (χ4n) is 2.88. The summed E-state index contributed by atoms with van der Waals surface area (Å²) in [4.78, 5) is 12.5. The first-order valence-electron chi connectivity index (χ1n) is 6.99. The van der Waals surface area contributed by atoms with Gasteiger partial charge in [-0.3, -0.25) is 4.79 Å². The Morgan fingerprint density at radius 3 is 2.43 bits per heavy atom. The Morgan fingerprint density at radius 2 is 1.81 bits per heavy atom. The summed E-state index contributed by atoms with van der Waals surface area (Å²) in [5.41, 5.74) is 9.36. The van der Waals surface area contributed by atoms with Crippen LogP contribution in [0.1, 0.15) is 21.5 Å². The summed E-state index contributed by atoms with van der Waals surface area (Å²) in [6.07, 6.45) is 1.72. The molecule has 0 aromatic heterocycles. The number of carbonyl (C=O) groups is 1. The maximum absolute atomic E-state index is 12.5. The van der Waals surface area contributed by atoms with Crippen LogP contribution in [0.4, 0.5) is 5.69 Å². The van der Waals surface area contributed by atoms with Crippen molar-refractivity contribution in [3.8, 4) is 5.75 Å². The molecule has 0 spiro atoms. The van der Waals surface area contributed by atoms with E-state index < -0.39 is 0 Å². The van der Waals surface area contributed by atoms with Gasteiger partial charge in [-0.05, 0) is 36.1 Å². The van der Waals surface area contributed by atoms with E-state index in [2.05, 4.69) is 17.4 Å². The van der Waals surface area contributed by atoms with E-state index in [-0.39, 0.29) is 11.9 Å². The molecule has 1 amide bonds. The van der Waals surface area contributed by atoms with Gasteiger partial charge in [0.15, 0.2) is 0 Å². The number of carbonyl (C=O) groups excluding carboxylic acids is 1. The Balaban J connectivity index is 1.77. The summed E-state index contributed by atoms with van der Waals surface area (Å²) < 4.78 is 5.23. The number of nitrogens with two attached hydrogens (primary N) is 1. The molecule has 0 bridgehead atoms. The van der Waals surface area contributed by atoms with Gasteiger partial charge in [-0.2, -0.15) is 0 Å². The Bertz CT molecular complexity index is 657. The average molecular weight is 282 g/mol. The van der Waals surface area contributed by atoms with Crippen molar-refractivity contribution < 1.29 is 9.53 Å². The topological polar surface area (TPSA) is 64.3 Å². The Hall–Kier alpha value is -2.49. The molecule has 0 atom stereocenters. The summed E-state index contributed by atoms with van der Waals surface area (Å²) in [5.74, 6) is 0.325. The largest absolute Gasteiger partial charge is 0.496 e. The number of benzene rings is 2. The molecular weight excluding hydrogens is 264 g/mol. The fraction of sp³-hybridized carbons (Fsp3) is 0.235. The molecular formula is C17H18N2O2. The highest BCUT2D eigenvalue weighted by molar-refractivity contribution is 6.02. The monoisotopic (exact) mass is 282 g/mol. The van der Waals surface area contributed by atoms with Crippen LogP contribution < -0.4 is 15.8 Å². The number of nitrogen functional groups attached to an aromatic ring is 1. The molecule has 3 rings (SSSR count). The smallest absolute Gasteiger partial charge is 0.257 e. The van der Waals surface area contributed by atoms with E-state index in [0.717, 1.165) is 12.8 Å². The van der Waals surface area contributed by atoms with Crippen LogP contribution in [-0.2, 0) is 12.8 Å².